The van der Waals surface area contributed by atoms with Crippen LogP contribution in [-0.4, -0.2) is 25.7 Å². The zero-order chi connectivity index (χ0) is 14.2. The van der Waals surface area contributed by atoms with E-state index < -0.39 is 0 Å². The fourth-order valence-corrected chi connectivity index (χ4v) is 3.59. The summed E-state index contributed by atoms with van der Waals surface area (Å²) in [5.74, 6) is 1.01. The van der Waals surface area contributed by atoms with Crippen molar-refractivity contribution in [2.45, 2.75) is 46.1 Å². The third-order valence-electron chi connectivity index (χ3n) is 4.75. The third kappa shape index (κ3) is 2.23. The summed E-state index contributed by atoms with van der Waals surface area (Å²) in [6, 6.07) is 7.02. The van der Waals surface area contributed by atoms with Crippen molar-refractivity contribution in [1.29, 1.82) is 0 Å². The maximum atomic E-state index is 5.90. The molecule has 1 aromatic rings. The van der Waals surface area contributed by atoms with Gasteiger partial charge in [0.1, 0.15) is 11.4 Å². The average molecular weight is 274 g/mol. The second kappa shape index (κ2) is 5.19. The largest absolute Gasteiger partial charge is 0.491 e. The molecule has 20 heavy (non-hydrogen) atoms. The Morgan fingerprint density at radius 2 is 2.25 bits per heavy atom. The summed E-state index contributed by atoms with van der Waals surface area (Å²) in [6.45, 7) is 9.91. The predicted molar refractivity (Wildman–Crippen MR) is 84.9 cm³/mol. The molecule has 3 heteroatoms. The van der Waals surface area contributed by atoms with Crippen molar-refractivity contribution in [2.24, 2.45) is 5.41 Å². The molecule has 3 rings (SSSR count). The Balaban J connectivity index is 1.93. The van der Waals surface area contributed by atoms with Crippen LogP contribution in [0.15, 0.2) is 18.2 Å². The Hall–Kier alpha value is -1.38. The van der Waals surface area contributed by atoms with E-state index in [-0.39, 0.29) is 0 Å². The number of nitrogens with zero attached hydrogens (tertiary/aromatic N) is 1. The number of hydrogen-bond donors (Lipinski definition) is 1. The number of rotatable bonds is 3. The molecular weight excluding hydrogens is 248 g/mol. The molecule has 0 aliphatic carbocycles. The summed E-state index contributed by atoms with van der Waals surface area (Å²) in [6.07, 6.45) is 3.64. The lowest BCUT2D eigenvalue weighted by Gasteiger charge is -2.51. The molecule has 1 unspecified atom stereocenters. The van der Waals surface area contributed by atoms with Crippen molar-refractivity contribution >= 4 is 11.4 Å². The molecule has 1 aromatic carbocycles. The first-order valence-corrected chi connectivity index (χ1v) is 7.90. The van der Waals surface area contributed by atoms with Crippen molar-refractivity contribution in [3.05, 3.63) is 18.2 Å². The summed E-state index contributed by atoms with van der Waals surface area (Å²) >= 11 is 0. The summed E-state index contributed by atoms with van der Waals surface area (Å²) in [4.78, 5) is 2.59. The Bertz CT molecular complexity index is 484. The fourth-order valence-electron chi connectivity index (χ4n) is 3.59. The number of benzene rings is 1. The van der Waals surface area contributed by atoms with Gasteiger partial charge in [0.25, 0.3) is 0 Å². The molecular formula is C17H26N2O. The zero-order valence-electron chi connectivity index (χ0n) is 12.9. The first kappa shape index (κ1) is 13.6. The van der Waals surface area contributed by atoms with Crippen LogP contribution in [0.25, 0.3) is 0 Å². The zero-order valence-corrected chi connectivity index (χ0v) is 12.9. The molecule has 0 spiro atoms. The molecule has 2 aliphatic heterocycles. The molecule has 2 heterocycles. The monoisotopic (exact) mass is 274 g/mol. The molecule has 3 nitrogen and oxygen atoms in total. The molecule has 0 aromatic heterocycles. The van der Waals surface area contributed by atoms with Crippen LogP contribution in [0.4, 0.5) is 11.4 Å². The van der Waals surface area contributed by atoms with Gasteiger partial charge in [-0.15, -0.1) is 0 Å². The Kier molecular flexibility index (Phi) is 3.53. The predicted octanol–water partition coefficient (Wildman–Crippen LogP) is 3.90. The van der Waals surface area contributed by atoms with Crippen LogP contribution in [0.3, 0.4) is 0 Å². The van der Waals surface area contributed by atoms with E-state index in [1.807, 2.05) is 0 Å². The van der Waals surface area contributed by atoms with Gasteiger partial charge in [0, 0.05) is 13.1 Å². The van der Waals surface area contributed by atoms with Crippen molar-refractivity contribution in [1.82, 2.24) is 0 Å². The van der Waals surface area contributed by atoms with Gasteiger partial charge in [-0.05, 0) is 36.8 Å². The highest BCUT2D eigenvalue weighted by Gasteiger charge is 2.40. The second-order valence-electron chi connectivity index (χ2n) is 6.68. The van der Waals surface area contributed by atoms with E-state index in [0.717, 1.165) is 25.3 Å². The van der Waals surface area contributed by atoms with Crippen LogP contribution >= 0.6 is 0 Å². The Morgan fingerprint density at radius 3 is 3.05 bits per heavy atom. The molecule has 1 N–H and O–H groups in total. The van der Waals surface area contributed by atoms with Gasteiger partial charge < -0.3 is 15.0 Å². The van der Waals surface area contributed by atoms with E-state index in [0.29, 0.717) is 11.5 Å². The molecule has 2 aliphatic rings. The fraction of sp³-hybridized carbons (Fsp3) is 0.647. The van der Waals surface area contributed by atoms with Gasteiger partial charge in [0.15, 0.2) is 0 Å². The topological polar surface area (TPSA) is 24.5 Å². The van der Waals surface area contributed by atoms with E-state index in [1.165, 1.54) is 30.8 Å². The van der Waals surface area contributed by atoms with Crippen molar-refractivity contribution < 1.29 is 4.74 Å². The first-order valence-electron chi connectivity index (χ1n) is 7.90. The van der Waals surface area contributed by atoms with Gasteiger partial charge in [-0.2, -0.15) is 0 Å². The molecule has 1 saturated heterocycles. The van der Waals surface area contributed by atoms with Crippen molar-refractivity contribution in [3.8, 4) is 5.75 Å². The molecule has 1 atom stereocenters. The van der Waals surface area contributed by atoms with E-state index >= 15 is 0 Å². The summed E-state index contributed by atoms with van der Waals surface area (Å²) < 4.78 is 5.90. The van der Waals surface area contributed by atoms with E-state index in [4.69, 9.17) is 4.74 Å². The molecule has 0 saturated carbocycles. The van der Waals surface area contributed by atoms with Crippen molar-refractivity contribution in [2.75, 3.05) is 29.9 Å². The molecule has 0 bridgehead atoms. The van der Waals surface area contributed by atoms with E-state index in [1.54, 1.807) is 0 Å². The number of hydrogen-bond acceptors (Lipinski definition) is 3. The molecule has 1 fully saturated rings. The highest BCUT2D eigenvalue weighted by Crippen LogP contribution is 2.45. The average Bonchev–Trinajstić information content (AvgIpc) is 2.44. The lowest BCUT2D eigenvalue weighted by atomic mass is 9.75. The number of piperidine rings is 1. The Morgan fingerprint density at radius 1 is 1.40 bits per heavy atom. The van der Waals surface area contributed by atoms with E-state index in [9.17, 15) is 0 Å². The normalized spacial score (nSPS) is 23.6. The van der Waals surface area contributed by atoms with Crippen LogP contribution in [-0.2, 0) is 0 Å². The highest BCUT2D eigenvalue weighted by atomic mass is 16.5. The van der Waals surface area contributed by atoms with Crippen LogP contribution in [0, 0.1) is 5.41 Å². The first-order chi connectivity index (χ1) is 9.63. The number of ether oxygens (including phenoxy) is 1. The number of anilines is 2. The van der Waals surface area contributed by atoms with Gasteiger partial charge >= 0.3 is 0 Å². The molecule has 0 radical (unpaired) electrons. The minimum Gasteiger partial charge on any atom is -0.491 e. The smallest absolute Gasteiger partial charge is 0.144 e. The third-order valence-corrected chi connectivity index (χ3v) is 4.75. The lowest BCUT2D eigenvalue weighted by molar-refractivity contribution is 0.216. The highest BCUT2D eigenvalue weighted by molar-refractivity contribution is 5.79. The summed E-state index contributed by atoms with van der Waals surface area (Å²) in [5.41, 5.74) is 2.89. The number of para-hydroxylation sites is 1. The van der Waals surface area contributed by atoms with Crippen molar-refractivity contribution in [3.63, 3.8) is 0 Å². The van der Waals surface area contributed by atoms with Crippen LogP contribution in [0.5, 0.6) is 5.75 Å². The second-order valence-corrected chi connectivity index (χ2v) is 6.68. The van der Waals surface area contributed by atoms with E-state index in [2.05, 4.69) is 49.2 Å². The standard InChI is InChI=1S/C17H26N2O/c1-4-11-20-14-8-5-7-13-16(14)18-12-15-17(2,3)9-6-10-19(13)15/h5,7-8,15,18H,4,6,9-12H2,1-3H3. The quantitative estimate of drug-likeness (QED) is 0.905. The molecule has 0 amide bonds. The van der Waals surface area contributed by atoms with Gasteiger partial charge in [-0.25, -0.2) is 0 Å². The summed E-state index contributed by atoms with van der Waals surface area (Å²) in [5, 5.41) is 3.63. The maximum Gasteiger partial charge on any atom is 0.144 e. The molecule has 110 valence electrons. The minimum atomic E-state index is 0.378. The number of nitrogens with one attached hydrogen (secondary N) is 1. The van der Waals surface area contributed by atoms with Crippen LogP contribution in [0.2, 0.25) is 0 Å². The maximum absolute atomic E-state index is 5.90. The minimum absolute atomic E-state index is 0.378. The van der Waals surface area contributed by atoms with Gasteiger partial charge in [-0.3, -0.25) is 0 Å². The van der Waals surface area contributed by atoms with Gasteiger partial charge in [-0.1, -0.05) is 26.8 Å². The van der Waals surface area contributed by atoms with Gasteiger partial charge in [0.05, 0.1) is 18.3 Å². The van der Waals surface area contributed by atoms with Crippen LogP contribution < -0.4 is 15.0 Å². The summed E-state index contributed by atoms with van der Waals surface area (Å²) in [7, 11) is 0. The number of fused-ring (bicyclic) bond motifs is 3. The SMILES string of the molecule is CCCOc1cccc2c1NCC1N2CCCC1(C)C. The lowest BCUT2D eigenvalue weighted by Crippen LogP contribution is -2.55. The van der Waals surface area contributed by atoms with Gasteiger partial charge in [0.2, 0.25) is 0 Å². The van der Waals surface area contributed by atoms with Crippen LogP contribution in [0.1, 0.15) is 40.0 Å². The Labute approximate surface area is 122 Å².